The van der Waals surface area contributed by atoms with E-state index in [0.29, 0.717) is 38.6 Å². The Balaban J connectivity index is 1.40. The van der Waals surface area contributed by atoms with Gasteiger partial charge in [0.1, 0.15) is 23.1 Å². The molecule has 1 amide bonds. The number of ketones is 1. The standard InChI is InChI=1S/C24H15ClN2O4/c25-17-9-5-15(6-10-17)24(29)16-7-11-18(12-8-16)30-14-22(28)27-23-19-3-1-2-4-20(19)31-21(23)13-26/h1-12H,14H2,(H,27,28). The maximum Gasteiger partial charge on any atom is 0.262 e. The molecule has 3 aromatic carbocycles. The van der Waals surface area contributed by atoms with Crippen molar-refractivity contribution in [1.82, 2.24) is 0 Å². The van der Waals surface area contributed by atoms with Gasteiger partial charge in [0.25, 0.3) is 5.91 Å². The molecule has 31 heavy (non-hydrogen) atoms. The zero-order valence-electron chi connectivity index (χ0n) is 16.1. The van der Waals surface area contributed by atoms with Crippen LogP contribution in [0.25, 0.3) is 11.0 Å². The second-order valence-electron chi connectivity index (χ2n) is 6.61. The highest BCUT2D eigenvalue weighted by Crippen LogP contribution is 2.30. The van der Waals surface area contributed by atoms with Gasteiger partial charge in [-0.3, -0.25) is 9.59 Å². The van der Waals surface area contributed by atoms with Gasteiger partial charge in [0, 0.05) is 21.5 Å². The molecule has 0 aliphatic heterocycles. The van der Waals surface area contributed by atoms with Crippen molar-refractivity contribution in [3.05, 3.63) is 94.7 Å². The van der Waals surface area contributed by atoms with E-state index in [4.69, 9.17) is 20.8 Å². The van der Waals surface area contributed by atoms with Crippen LogP contribution in [-0.4, -0.2) is 18.3 Å². The first-order valence-electron chi connectivity index (χ1n) is 9.30. The summed E-state index contributed by atoms with van der Waals surface area (Å²) in [5, 5.41) is 13.1. The summed E-state index contributed by atoms with van der Waals surface area (Å²) in [4.78, 5) is 24.8. The summed E-state index contributed by atoms with van der Waals surface area (Å²) >= 11 is 5.85. The van der Waals surface area contributed by atoms with Crippen molar-refractivity contribution in [2.75, 3.05) is 11.9 Å². The molecule has 0 radical (unpaired) electrons. The minimum atomic E-state index is -0.440. The van der Waals surface area contributed by atoms with Crippen LogP contribution in [0.3, 0.4) is 0 Å². The largest absolute Gasteiger partial charge is 0.484 e. The van der Waals surface area contributed by atoms with Gasteiger partial charge in [-0.05, 0) is 60.7 Å². The number of hydrogen-bond acceptors (Lipinski definition) is 5. The molecule has 0 aliphatic rings. The number of benzene rings is 3. The van der Waals surface area contributed by atoms with Crippen LogP contribution in [0.4, 0.5) is 5.69 Å². The van der Waals surface area contributed by atoms with Crippen molar-refractivity contribution in [2.24, 2.45) is 0 Å². The summed E-state index contributed by atoms with van der Waals surface area (Å²) in [7, 11) is 0. The lowest BCUT2D eigenvalue weighted by Gasteiger charge is -2.08. The van der Waals surface area contributed by atoms with Crippen molar-refractivity contribution in [3.63, 3.8) is 0 Å². The maximum absolute atomic E-state index is 12.5. The minimum Gasteiger partial charge on any atom is -0.484 e. The molecule has 1 N–H and O–H groups in total. The number of ether oxygens (including phenoxy) is 1. The third-order valence-corrected chi connectivity index (χ3v) is 4.81. The van der Waals surface area contributed by atoms with Gasteiger partial charge in [-0.15, -0.1) is 0 Å². The van der Waals surface area contributed by atoms with Gasteiger partial charge >= 0.3 is 0 Å². The highest BCUT2D eigenvalue weighted by molar-refractivity contribution is 6.30. The Morgan fingerprint density at radius 1 is 0.968 bits per heavy atom. The SMILES string of the molecule is N#Cc1oc2ccccc2c1NC(=O)COc1ccc(C(=O)c2ccc(Cl)cc2)cc1. The van der Waals surface area contributed by atoms with E-state index in [2.05, 4.69) is 5.32 Å². The summed E-state index contributed by atoms with van der Waals surface area (Å²) < 4.78 is 10.9. The fourth-order valence-electron chi connectivity index (χ4n) is 3.04. The van der Waals surface area contributed by atoms with Crippen LogP contribution in [0.5, 0.6) is 5.75 Å². The number of carbonyl (C=O) groups excluding carboxylic acids is 2. The summed E-state index contributed by atoms with van der Waals surface area (Å²) in [5.74, 6) is -0.124. The molecule has 6 nitrogen and oxygen atoms in total. The molecular weight excluding hydrogens is 416 g/mol. The Bertz CT molecular complexity index is 1300. The number of fused-ring (bicyclic) bond motifs is 1. The average Bonchev–Trinajstić information content (AvgIpc) is 3.15. The molecule has 0 fully saturated rings. The van der Waals surface area contributed by atoms with Crippen LogP contribution in [0.1, 0.15) is 21.7 Å². The number of nitriles is 1. The van der Waals surface area contributed by atoms with Crippen molar-refractivity contribution in [2.45, 2.75) is 0 Å². The molecule has 7 heteroatoms. The lowest BCUT2D eigenvalue weighted by molar-refractivity contribution is -0.118. The minimum absolute atomic E-state index is 0.0274. The summed E-state index contributed by atoms with van der Waals surface area (Å²) in [6.07, 6.45) is 0. The number of para-hydroxylation sites is 1. The number of amides is 1. The zero-order valence-corrected chi connectivity index (χ0v) is 16.8. The molecule has 4 aromatic rings. The second-order valence-corrected chi connectivity index (χ2v) is 7.05. The molecule has 0 saturated heterocycles. The number of carbonyl (C=O) groups is 2. The van der Waals surface area contributed by atoms with Gasteiger partial charge in [0.05, 0.1) is 0 Å². The normalized spacial score (nSPS) is 10.5. The molecule has 152 valence electrons. The van der Waals surface area contributed by atoms with Crippen LogP contribution in [0.15, 0.2) is 77.2 Å². The Morgan fingerprint density at radius 3 is 2.29 bits per heavy atom. The number of nitrogens with one attached hydrogen (secondary N) is 1. The van der Waals surface area contributed by atoms with E-state index in [1.807, 2.05) is 6.07 Å². The van der Waals surface area contributed by atoms with Crippen molar-refractivity contribution >= 4 is 39.9 Å². The number of halogens is 1. The van der Waals surface area contributed by atoms with Gasteiger partial charge in [-0.25, -0.2) is 0 Å². The Morgan fingerprint density at radius 2 is 1.61 bits per heavy atom. The first-order chi connectivity index (χ1) is 15.0. The molecule has 1 heterocycles. The number of hydrogen-bond donors (Lipinski definition) is 1. The molecule has 0 saturated carbocycles. The summed E-state index contributed by atoms with van der Waals surface area (Å²) in [6.45, 7) is -0.269. The average molecular weight is 431 g/mol. The number of nitrogens with zero attached hydrogens (tertiary/aromatic N) is 1. The zero-order chi connectivity index (χ0) is 21.8. The van der Waals surface area contributed by atoms with Gasteiger partial charge in [-0.1, -0.05) is 23.7 Å². The van der Waals surface area contributed by atoms with Crippen LogP contribution < -0.4 is 10.1 Å². The monoisotopic (exact) mass is 430 g/mol. The predicted molar refractivity (Wildman–Crippen MR) is 116 cm³/mol. The van der Waals surface area contributed by atoms with Gasteiger partial charge < -0.3 is 14.5 Å². The third kappa shape index (κ3) is 4.42. The summed E-state index contributed by atoms with van der Waals surface area (Å²) in [6, 6.07) is 22.1. The van der Waals surface area contributed by atoms with Crippen LogP contribution in [-0.2, 0) is 4.79 Å². The molecular formula is C24H15ClN2O4. The Kier molecular flexibility index (Phi) is 5.69. The van der Waals surface area contributed by atoms with Gasteiger partial charge in [0.15, 0.2) is 12.4 Å². The smallest absolute Gasteiger partial charge is 0.262 e. The van der Waals surface area contributed by atoms with Gasteiger partial charge in [-0.2, -0.15) is 5.26 Å². The summed E-state index contributed by atoms with van der Waals surface area (Å²) in [5.41, 5.74) is 1.84. The van der Waals surface area contributed by atoms with Crippen molar-refractivity contribution in [1.29, 1.82) is 5.26 Å². The Labute approximate surface area is 182 Å². The number of anilines is 1. The fourth-order valence-corrected chi connectivity index (χ4v) is 3.17. The Hall–Kier alpha value is -4.08. The third-order valence-electron chi connectivity index (χ3n) is 4.55. The van der Waals surface area contributed by atoms with E-state index in [0.717, 1.165) is 0 Å². The lowest BCUT2D eigenvalue weighted by Crippen LogP contribution is -2.20. The van der Waals surface area contributed by atoms with E-state index in [-0.39, 0.29) is 18.2 Å². The van der Waals surface area contributed by atoms with E-state index < -0.39 is 5.91 Å². The molecule has 0 spiro atoms. The van der Waals surface area contributed by atoms with E-state index in [1.54, 1.807) is 72.8 Å². The quantitative estimate of drug-likeness (QED) is 0.424. The molecule has 0 unspecified atom stereocenters. The molecule has 1 aromatic heterocycles. The second kappa shape index (κ2) is 8.74. The number of furan rings is 1. The predicted octanol–water partition coefficient (Wildman–Crippen LogP) is 5.21. The van der Waals surface area contributed by atoms with Crippen LogP contribution >= 0.6 is 11.6 Å². The molecule has 0 aliphatic carbocycles. The number of rotatable bonds is 6. The fraction of sp³-hybridized carbons (Fsp3) is 0.0417. The molecule has 4 rings (SSSR count). The van der Waals surface area contributed by atoms with E-state index in [9.17, 15) is 14.9 Å². The highest BCUT2D eigenvalue weighted by atomic mass is 35.5. The molecule has 0 bridgehead atoms. The lowest BCUT2D eigenvalue weighted by atomic mass is 10.0. The van der Waals surface area contributed by atoms with E-state index in [1.165, 1.54) is 0 Å². The first-order valence-corrected chi connectivity index (χ1v) is 9.67. The highest BCUT2D eigenvalue weighted by Gasteiger charge is 2.16. The molecule has 0 atom stereocenters. The first kappa shape index (κ1) is 20.2. The topological polar surface area (TPSA) is 92.3 Å². The van der Waals surface area contributed by atoms with E-state index >= 15 is 0 Å². The van der Waals surface area contributed by atoms with Crippen LogP contribution in [0.2, 0.25) is 5.02 Å². The van der Waals surface area contributed by atoms with Gasteiger partial charge in [0.2, 0.25) is 5.76 Å². The van der Waals surface area contributed by atoms with Crippen LogP contribution in [0, 0.1) is 11.3 Å². The maximum atomic E-state index is 12.5. The van der Waals surface area contributed by atoms with Crippen molar-refractivity contribution in [3.8, 4) is 11.8 Å². The van der Waals surface area contributed by atoms with Crippen molar-refractivity contribution < 1.29 is 18.7 Å².